The molecule has 0 heterocycles. The predicted octanol–water partition coefficient (Wildman–Crippen LogP) is 4.28. The molecule has 0 bridgehead atoms. The highest BCUT2D eigenvalue weighted by Gasteiger charge is 2.09. The van der Waals surface area contributed by atoms with Crippen LogP contribution in [0.2, 0.25) is 0 Å². The first-order valence-electron chi connectivity index (χ1n) is 4.82. The molecule has 1 N–H and O–H groups in total. The molecule has 0 aliphatic heterocycles. The highest BCUT2D eigenvalue weighted by molar-refractivity contribution is 14.1. The summed E-state index contributed by atoms with van der Waals surface area (Å²) < 4.78 is 2.41. The van der Waals surface area contributed by atoms with Gasteiger partial charge >= 0.3 is 0 Å². The van der Waals surface area contributed by atoms with Crippen molar-refractivity contribution >= 4 is 38.5 Å². The van der Waals surface area contributed by atoms with Crippen LogP contribution in [0, 0.1) is 3.57 Å². The van der Waals surface area contributed by atoms with Crippen molar-refractivity contribution in [2.75, 3.05) is 7.05 Å². The molecule has 0 amide bonds. The zero-order valence-electron chi connectivity index (χ0n) is 9.14. The Bertz CT molecular complexity index is 370. The summed E-state index contributed by atoms with van der Waals surface area (Å²) >= 11 is 5.93. The second-order valence-corrected chi connectivity index (χ2v) is 5.78. The summed E-state index contributed by atoms with van der Waals surface area (Å²) in [6, 6.07) is 6.67. The molecule has 1 aromatic rings. The van der Waals surface area contributed by atoms with Crippen LogP contribution < -0.4 is 5.32 Å². The van der Waals surface area contributed by atoms with Crippen LogP contribution in [0.25, 0.3) is 0 Å². The average Bonchev–Trinajstić information content (AvgIpc) is 2.18. The quantitative estimate of drug-likeness (QED) is 0.610. The molecule has 0 aromatic heterocycles. The number of rotatable bonds is 3. The van der Waals surface area contributed by atoms with Crippen molar-refractivity contribution < 1.29 is 0 Å². The van der Waals surface area contributed by atoms with Crippen LogP contribution in [-0.4, -0.2) is 7.05 Å². The van der Waals surface area contributed by atoms with Gasteiger partial charge in [0, 0.05) is 8.04 Å². The van der Waals surface area contributed by atoms with Crippen molar-refractivity contribution in [3.63, 3.8) is 0 Å². The third kappa shape index (κ3) is 3.89. The van der Waals surface area contributed by atoms with Gasteiger partial charge in [-0.1, -0.05) is 27.6 Å². The van der Waals surface area contributed by atoms with Crippen LogP contribution in [0.5, 0.6) is 0 Å². The number of halogens is 2. The molecule has 0 saturated heterocycles. The van der Waals surface area contributed by atoms with Crippen LogP contribution in [0.4, 0.5) is 0 Å². The normalized spacial score (nSPS) is 12.3. The van der Waals surface area contributed by atoms with Crippen LogP contribution in [-0.2, 0) is 0 Å². The molecule has 1 rings (SSSR count). The van der Waals surface area contributed by atoms with Gasteiger partial charge < -0.3 is 5.32 Å². The SMILES string of the molecule is CNC(C=C(C)C)c1cc(I)ccc1Br. The van der Waals surface area contributed by atoms with Gasteiger partial charge in [-0.25, -0.2) is 0 Å². The maximum absolute atomic E-state index is 3.59. The molecule has 1 atom stereocenters. The van der Waals surface area contributed by atoms with E-state index in [1.165, 1.54) is 14.7 Å². The largest absolute Gasteiger partial charge is 0.310 e. The smallest absolute Gasteiger partial charge is 0.0517 e. The molecule has 0 fully saturated rings. The van der Waals surface area contributed by atoms with Gasteiger partial charge in [0.25, 0.3) is 0 Å². The molecule has 3 heteroatoms. The van der Waals surface area contributed by atoms with E-state index in [9.17, 15) is 0 Å². The Morgan fingerprint density at radius 3 is 2.67 bits per heavy atom. The van der Waals surface area contributed by atoms with Gasteiger partial charge in [0.05, 0.1) is 6.04 Å². The fourth-order valence-electron chi connectivity index (χ4n) is 1.41. The lowest BCUT2D eigenvalue weighted by atomic mass is 10.1. The van der Waals surface area contributed by atoms with E-state index in [2.05, 4.69) is 82.0 Å². The fourth-order valence-corrected chi connectivity index (χ4v) is 2.42. The van der Waals surface area contributed by atoms with E-state index >= 15 is 0 Å². The molecule has 1 aromatic carbocycles. The van der Waals surface area contributed by atoms with Crippen LogP contribution in [0.3, 0.4) is 0 Å². The first-order valence-corrected chi connectivity index (χ1v) is 6.69. The van der Waals surface area contributed by atoms with E-state index in [4.69, 9.17) is 0 Å². The fraction of sp³-hybridized carbons (Fsp3) is 0.333. The maximum Gasteiger partial charge on any atom is 0.0517 e. The predicted molar refractivity (Wildman–Crippen MR) is 78.1 cm³/mol. The summed E-state index contributed by atoms with van der Waals surface area (Å²) in [7, 11) is 1.98. The minimum atomic E-state index is 0.277. The Morgan fingerprint density at radius 2 is 2.13 bits per heavy atom. The Morgan fingerprint density at radius 1 is 1.47 bits per heavy atom. The van der Waals surface area contributed by atoms with Gasteiger partial charge in [-0.15, -0.1) is 0 Å². The van der Waals surface area contributed by atoms with Crippen molar-refractivity contribution in [2.24, 2.45) is 0 Å². The van der Waals surface area contributed by atoms with Crippen LogP contribution in [0.15, 0.2) is 34.3 Å². The van der Waals surface area contributed by atoms with E-state index in [0.717, 1.165) is 4.47 Å². The molecule has 0 aliphatic carbocycles. The zero-order valence-corrected chi connectivity index (χ0v) is 12.9. The van der Waals surface area contributed by atoms with E-state index in [1.807, 2.05) is 7.05 Å². The van der Waals surface area contributed by atoms with Gasteiger partial charge in [-0.2, -0.15) is 0 Å². The van der Waals surface area contributed by atoms with Crippen molar-refractivity contribution in [3.05, 3.63) is 43.5 Å². The molecule has 1 nitrogen and oxygen atoms in total. The van der Waals surface area contributed by atoms with E-state index < -0.39 is 0 Å². The van der Waals surface area contributed by atoms with E-state index in [1.54, 1.807) is 0 Å². The lowest BCUT2D eigenvalue weighted by Gasteiger charge is -2.15. The monoisotopic (exact) mass is 379 g/mol. The highest BCUT2D eigenvalue weighted by atomic mass is 127. The van der Waals surface area contributed by atoms with Crippen molar-refractivity contribution in [1.29, 1.82) is 0 Å². The number of benzene rings is 1. The van der Waals surface area contributed by atoms with Crippen molar-refractivity contribution in [1.82, 2.24) is 5.32 Å². The average molecular weight is 380 g/mol. The Balaban J connectivity index is 3.11. The van der Waals surface area contributed by atoms with Gasteiger partial charge in [0.15, 0.2) is 0 Å². The van der Waals surface area contributed by atoms with Gasteiger partial charge in [-0.3, -0.25) is 0 Å². The molecular weight excluding hydrogens is 365 g/mol. The minimum Gasteiger partial charge on any atom is -0.310 e. The molecule has 82 valence electrons. The van der Waals surface area contributed by atoms with Gasteiger partial charge in [0.1, 0.15) is 0 Å². The third-order valence-electron chi connectivity index (χ3n) is 2.10. The maximum atomic E-state index is 3.59. The molecule has 0 radical (unpaired) electrons. The zero-order chi connectivity index (χ0) is 11.4. The summed E-state index contributed by atoms with van der Waals surface area (Å²) in [6.07, 6.45) is 2.23. The Kier molecular flexibility index (Phi) is 5.29. The Labute approximate surface area is 114 Å². The van der Waals surface area contributed by atoms with E-state index in [-0.39, 0.29) is 6.04 Å². The molecular formula is C12H15BrIN. The topological polar surface area (TPSA) is 12.0 Å². The summed E-state index contributed by atoms with van der Waals surface area (Å²) in [5.74, 6) is 0. The number of allylic oxidation sites excluding steroid dienone is 1. The number of hydrogen-bond acceptors (Lipinski definition) is 1. The van der Waals surface area contributed by atoms with Crippen LogP contribution in [0.1, 0.15) is 25.5 Å². The summed E-state index contributed by atoms with van der Waals surface area (Å²) in [5.41, 5.74) is 2.60. The number of hydrogen-bond donors (Lipinski definition) is 1. The highest BCUT2D eigenvalue weighted by Crippen LogP contribution is 2.26. The molecule has 15 heavy (non-hydrogen) atoms. The first-order chi connectivity index (χ1) is 7.04. The number of likely N-dealkylation sites (N-methyl/N-ethyl adjacent to an activating group) is 1. The lowest BCUT2D eigenvalue weighted by molar-refractivity contribution is 0.706. The van der Waals surface area contributed by atoms with Gasteiger partial charge in [0.2, 0.25) is 0 Å². The molecule has 0 aliphatic rings. The third-order valence-corrected chi connectivity index (χ3v) is 3.50. The van der Waals surface area contributed by atoms with Gasteiger partial charge in [-0.05, 0) is 67.2 Å². The minimum absolute atomic E-state index is 0.277. The first kappa shape index (κ1) is 13.2. The van der Waals surface area contributed by atoms with Crippen LogP contribution >= 0.6 is 38.5 Å². The van der Waals surface area contributed by atoms with Crippen molar-refractivity contribution in [2.45, 2.75) is 19.9 Å². The number of nitrogens with one attached hydrogen (secondary N) is 1. The molecule has 0 spiro atoms. The molecule has 0 saturated carbocycles. The second-order valence-electron chi connectivity index (χ2n) is 3.68. The standard InChI is InChI=1S/C12H15BrIN/c1-8(2)6-12(15-3)10-7-9(14)4-5-11(10)13/h4-7,12,15H,1-3H3. The Hall–Kier alpha value is 0.130. The summed E-state index contributed by atoms with van der Waals surface area (Å²) in [6.45, 7) is 4.23. The second kappa shape index (κ2) is 6.01. The van der Waals surface area contributed by atoms with Crippen molar-refractivity contribution in [3.8, 4) is 0 Å². The summed E-state index contributed by atoms with van der Waals surface area (Å²) in [4.78, 5) is 0. The van der Waals surface area contributed by atoms with E-state index in [0.29, 0.717) is 0 Å². The summed E-state index contributed by atoms with van der Waals surface area (Å²) in [5, 5.41) is 3.31. The lowest BCUT2D eigenvalue weighted by Crippen LogP contribution is -2.15. The molecule has 1 unspecified atom stereocenters.